The molecule has 82 valence electrons. The van der Waals surface area contributed by atoms with E-state index in [2.05, 4.69) is 13.8 Å². The number of nitrogens with two attached hydrogens (primary N) is 1. The molecule has 1 heteroatoms. The molecule has 2 fully saturated rings. The van der Waals surface area contributed by atoms with E-state index in [0.29, 0.717) is 6.04 Å². The molecule has 5 atom stereocenters. The fourth-order valence-corrected chi connectivity index (χ4v) is 3.29. The summed E-state index contributed by atoms with van der Waals surface area (Å²) in [6, 6.07) is 0.527. The standard InChI is InChI=1S/C13H25N/c1-3-10-5-4-6-11(8-10)13(14)12-7-9(12)2/h9-13H,3-8,14H2,1-2H3. The van der Waals surface area contributed by atoms with E-state index in [1.54, 1.807) is 0 Å². The summed E-state index contributed by atoms with van der Waals surface area (Å²) in [5.41, 5.74) is 6.36. The lowest BCUT2D eigenvalue weighted by molar-refractivity contribution is 0.215. The summed E-state index contributed by atoms with van der Waals surface area (Å²) in [5, 5.41) is 0. The molecule has 0 aromatic rings. The molecule has 2 saturated carbocycles. The van der Waals surface area contributed by atoms with Gasteiger partial charge in [0.15, 0.2) is 0 Å². The van der Waals surface area contributed by atoms with E-state index in [9.17, 15) is 0 Å². The van der Waals surface area contributed by atoms with Gasteiger partial charge in [0.05, 0.1) is 0 Å². The molecular weight excluding hydrogens is 170 g/mol. The van der Waals surface area contributed by atoms with E-state index >= 15 is 0 Å². The van der Waals surface area contributed by atoms with Gasteiger partial charge in [-0.2, -0.15) is 0 Å². The van der Waals surface area contributed by atoms with E-state index in [-0.39, 0.29) is 0 Å². The van der Waals surface area contributed by atoms with Crippen LogP contribution in [0.2, 0.25) is 0 Å². The van der Waals surface area contributed by atoms with Crippen LogP contribution in [0, 0.1) is 23.7 Å². The predicted molar refractivity (Wildman–Crippen MR) is 61.0 cm³/mol. The molecule has 2 aliphatic rings. The maximum absolute atomic E-state index is 6.36. The molecule has 0 heterocycles. The maximum atomic E-state index is 6.36. The Bertz CT molecular complexity index is 190. The molecule has 0 aromatic carbocycles. The topological polar surface area (TPSA) is 26.0 Å². The third kappa shape index (κ3) is 2.13. The second-order valence-electron chi connectivity index (χ2n) is 5.66. The summed E-state index contributed by atoms with van der Waals surface area (Å²) < 4.78 is 0. The Labute approximate surface area is 88.4 Å². The Morgan fingerprint density at radius 2 is 2.00 bits per heavy atom. The van der Waals surface area contributed by atoms with Crippen LogP contribution in [0.25, 0.3) is 0 Å². The Balaban J connectivity index is 1.84. The first kappa shape index (κ1) is 10.5. The van der Waals surface area contributed by atoms with Gasteiger partial charge in [-0.25, -0.2) is 0 Å². The van der Waals surface area contributed by atoms with Crippen LogP contribution in [0.4, 0.5) is 0 Å². The smallest absolute Gasteiger partial charge is 0.00983 e. The zero-order valence-corrected chi connectivity index (χ0v) is 9.71. The van der Waals surface area contributed by atoms with Crippen molar-refractivity contribution in [1.82, 2.24) is 0 Å². The van der Waals surface area contributed by atoms with Gasteiger partial charge in [-0.05, 0) is 42.9 Å². The van der Waals surface area contributed by atoms with E-state index in [1.165, 1.54) is 38.5 Å². The summed E-state index contributed by atoms with van der Waals surface area (Å²) in [7, 11) is 0. The highest BCUT2D eigenvalue weighted by atomic mass is 14.7. The van der Waals surface area contributed by atoms with E-state index in [1.807, 2.05) is 0 Å². The molecule has 2 rings (SSSR count). The largest absolute Gasteiger partial charge is 0.327 e. The number of hydrogen-bond acceptors (Lipinski definition) is 1. The SMILES string of the molecule is CCC1CCCC(C(N)C2CC2C)C1. The van der Waals surface area contributed by atoms with Crippen molar-refractivity contribution in [1.29, 1.82) is 0 Å². The monoisotopic (exact) mass is 195 g/mol. The summed E-state index contributed by atoms with van der Waals surface area (Å²) in [6.07, 6.45) is 8.47. The maximum Gasteiger partial charge on any atom is 0.00983 e. The first-order valence-corrected chi connectivity index (χ1v) is 6.48. The van der Waals surface area contributed by atoms with Crippen LogP contribution in [0.1, 0.15) is 52.4 Å². The van der Waals surface area contributed by atoms with Crippen molar-refractivity contribution in [3.8, 4) is 0 Å². The highest BCUT2D eigenvalue weighted by Crippen LogP contribution is 2.45. The first-order valence-electron chi connectivity index (χ1n) is 6.48. The molecule has 1 nitrogen and oxygen atoms in total. The molecule has 0 aromatic heterocycles. The molecule has 0 spiro atoms. The van der Waals surface area contributed by atoms with Crippen molar-refractivity contribution < 1.29 is 0 Å². The Morgan fingerprint density at radius 1 is 1.29 bits per heavy atom. The average Bonchev–Trinajstić information content (AvgIpc) is 2.94. The minimum Gasteiger partial charge on any atom is -0.327 e. The molecule has 0 aliphatic heterocycles. The van der Waals surface area contributed by atoms with Crippen LogP contribution < -0.4 is 5.73 Å². The molecule has 2 aliphatic carbocycles. The molecule has 5 unspecified atom stereocenters. The summed E-state index contributed by atoms with van der Waals surface area (Å²) >= 11 is 0. The van der Waals surface area contributed by atoms with Gasteiger partial charge in [-0.3, -0.25) is 0 Å². The van der Waals surface area contributed by atoms with Crippen LogP contribution in [0.3, 0.4) is 0 Å². The van der Waals surface area contributed by atoms with E-state index in [0.717, 1.165) is 23.7 Å². The minimum atomic E-state index is 0.527. The van der Waals surface area contributed by atoms with Gasteiger partial charge in [0, 0.05) is 6.04 Å². The van der Waals surface area contributed by atoms with Crippen LogP contribution >= 0.6 is 0 Å². The second-order valence-corrected chi connectivity index (χ2v) is 5.66. The number of rotatable bonds is 3. The minimum absolute atomic E-state index is 0.527. The van der Waals surface area contributed by atoms with Crippen LogP contribution in [-0.4, -0.2) is 6.04 Å². The van der Waals surface area contributed by atoms with Crippen LogP contribution in [0.15, 0.2) is 0 Å². The van der Waals surface area contributed by atoms with Gasteiger partial charge < -0.3 is 5.73 Å². The third-order valence-corrected chi connectivity index (χ3v) is 4.61. The molecule has 0 saturated heterocycles. The van der Waals surface area contributed by atoms with Gasteiger partial charge in [0.2, 0.25) is 0 Å². The summed E-state index contributed by atoms with van der Waals surface area (Å²) in [5.74, 6) is 3.63. The highest BCUT2D eigenvalue weighted by Gasteiger charge is 2.41. The predicted octanol–water partition coefficient (Wildman–Crippen LogP) is 3.19. The lowest BCUT2D eigenvalue weighted by Crippen LogP contribution is -2.35. The molecule has 0 bridgehead atoms. The molecule has 14 heavy (non-hydrogen) atoms. The van der Waals surface area contributed by atoms with Crippen molar-refractivity contribution in [2.24, 2.45) is 29.4 Å². The van der Waals surface area contributed by atoms with Crippen molar-refractivity contribution in [3.63, 3.8) is 0 Å². The van der Waals surface area contributed by atoms with Crippen LogP contribution in [-0.2, 0) is 0 Å². The third-order valence-electron chi connectivity index (χ3n) is 4.61. The fraction of sp³-hybridized carbons (Fsp3) is 1.00. The van der Waals surface area contributed by atoms with E-state index in [4.69, 9.17) is 5.73 Å². The highest BCUT2D eigenvalue weighted by molar-refractivity contribution is 4.95. The summed E-state index contributed by atoms with van der Waals surface area (Å²) in [4.78, 5) is 0. The second kappa shape index (κ2) is 4.22. The van der Waals surface area contributed by atoms with Crippen molar-refractivity contribution in [3.05, 3.63) is 0 Å². The Morgan fingerprint density at radius 3 is 2.57 bits per heavy atom. The Kier molecular flexibility index (Phi) is 3.16. The number of hydrogen-bond donors (Lipinski definition) is 1. The lowest BCUT2D eigenvalue weighted by atomic mass is 9.76. The zero-order valence-electron chi connectivity index (χ0n) is 9.71. The lowest BCUT2D eigenvalue weighted by Gasteiger charge is -2.32. The Hall–Kier alpha value is -0.0400. The fourth-order valence-electron chi connectivity index (χ4n) is 3.29. The molecule has 0 radical (unpaired) electrons. The van der Waals surface area contributed by atoms with Crippen molar-refractivity contribution in [2.75, 3.05) is 0 Å². The van der Waals surface area contributed by atoms with Gasteiger partial charge in [0.1, 0.15) is 0 Å². The van der Waals surface area contributed by atoms with Gasteiger partial charge in [-0.1, -0.05) is 33.1 Å². The normalized spacial score (nSPS) is 44.8. The van der Waals surface area contributed by atoms with E-state index < -0.39 is 0 Å². The average molecular weight is 195 g/mol. The molecule has 0 amide bonds. The van der Waals surface area contributed by atoms with Gasteiger partial charge >= 0.3 is 0 Å². The summed E-state index contributed by atoms with van der Waals surface area (Å²) in [6.45, 7) is 4.68. The quantitative estimate of drug-likeness (QED) is 0.735. The van der Waals surface area contributed by atoms with Crippen molar-refractivity contribution >= 4 is 0 Å². The van der Waals surface area contributed by atoms with Crippen LogP contribution in [0.5, 0.6) is 0 Å². The van der Waals surface area contributed by atoms with Gasteiger partial charge in [-0.15, -0.1) is 0 Å². The zero-order chi connectivity index (χ0) is 10.1. The molecule has 2 N–H and O–H groups in total. The van der Waals surface area contributed by atoms with Gasteiger partial charge in [0.25, 0.3) is 0 Å². The molecular formula is C13H25N. The van der Waals surface area contributed by atoms with Crippen molar-refractivity contribution in [2.45, 2.75) is 58.4 Å². The first-order chi connectivity index (χ1) is 6.72.